The highest BCUT2D eigenvalue weighted by Crippen LogP contribution is 2.34. The Morgan fingerprint density at radius 2 is 1.93 bits per heavy atom. The molecule has 9 nitrogen and oxygen atoms in total. The summed E-state index contributed by atoms with van der Waals surface area (Å²) in [6.07, 6.45) is 4.16. The van der Waals surface area contributed by atoms with E-state index < -0.39 is 0 Å². The molecular formula is C29H29N7O2S2. The van der Waals surface area contributed by atoms with Gasteiger partial charge < -0.3 is 4.74 Å². The number of morpholine rings is 1. The van der Waals surface area contributed by atoms with E-state index in [9.17, 15) is 4.79 Å². The van der Waals surface area contributed by atoms with Gasteiger partial charge in [-0.1, -0.05) is 65.6 Å². The number of fused-ring (bicyclic) bond motifs is 1. The summed E-state index contributed by atoms with van der Waals surface area (Å²) in [7, 11) is 0. The summed E-state index contributed by atoms with van der Waals surface area (Å²) in [6.45, 7) is 4.98. The molecule has 2 aliphatic rings. The lowest BCUT2D eigenvalue weighted by Crippen LogP contribution is -2.37. The zero-order valence-electron chi connectivity index (χ0n) is 22.0. The number of hydrogen-bond acceptors (Lipinski definition) is 9. The van der Waals surface area contributed by atoms with Gasteiger partial charge >= 0.3 is 0 Å². The van der Waals surface area contributed by atoms with Gasteiger partial charge in [-0.2, -0.15) is 5.21 Å². The fourth-order valence-electron chi connectivity index (χ4n) is 5.01. The number of para-hydroxylation sites is 1. The first-order valence-electron chi connectivity index (χ1n) is 13.4. The van der Waals surface area contributed by atoms with Gasteiger partial charge in [0.1, 0.15) is 4.32 Å². The van der Waals surface area contributed by atoms with Gasteiger partial charge in [0.05, 0.1) is 29.3 Å². The predicted octanol–water partition coefficient (Wildman–Crippen LogP) is 4.12. The van der Waals surface area contributed by atoms with Gasteiger partial charge in [-0.25, -0.2) is 4.98 Å². The van der Waals surface area contributed by atoms with E-state index in [2.05, 4.69) is 61.9 Å². The molecule has 0 aliphatic carbocycles. The molecule has 204 valence electrons. The number of carbonyl (C=O) groups excluding carboxylic acids is 1. The van der Waals surface area contributed by atoms with Crippen LogP contribution >= 0.6 is 24.0 Å². The Labute approximate surface area is 242 Å². The first kappa shape index (κ1) is 26.7. The van der Waals surface area contributed by atoms with Crippen LogP contribution in [0.25, 0.3) is 28.2 Å². The number of tetrazole rings is 1. The van der Waals surface area contributed by atoms with Crippen LogP contribution in [0.4, 0.5) is 0 Å². The van der Waals surface area contributed by atoms with Gasteiger partial charge in [0.15, 0.2) is 5.82 Å². The van der Waals surface area contributed by atoms with E-state index in [1.165, 1.54) is 17.3 Å². The fourth-order valence-corrected chi connectivity index (χ4v) is 6.32. The maximum atomic E-state index is 13.2. The lowest BCUT2D eigenvalue weighted by molar-refractivity contribution is -0.122. The van der Waals surface area contributed by atoms with Crippen molar-refractivity contribution in [1.82, 2.24) is 35.4 Å². The quantitative estimate of drug-likeness (QED) is 0.235. The highest BCUT2D eigenvalue weighted by atomic mass is 32.2. The number of ether oxygens (including phenoxy) is 1. The number of nitrogens with one attached hydrogen (secondary N) is 1. The third-order valence-electron chi connectivity index (χ3n) is 7.11. The molecule has 0 atom stereocenters. The van der Waals surface area contributed by atoms with E-state index in [4.69, 9.17) is 21.9 Å². The second kappa shape index (κ2) is 12.3. The van der Waals surface area contributed by atoms with Crippen molar-refractivity contribution in [2.45, 2.75) is 19.3 Å². The number of benzene rings is 2. The van der Waals surface area contributed by atoms with E-state index in [1.54, 1.807) is 4.90 Å². The molecule has 2 saturated heterocycles. The Morgan fingerprint density at radius 3 is 2.77 bits per heavy atom. The molecule has 4 heterocycles. The highest BCUT2D eigenvalue weighted by molar-refractivity contribution is 8.26. The zero-order valence-corrected chi connectivity index (χ0v) is 23.6. The van der Waals surface area contributed by atoms with Crippen LogP contribution in [0.15, 0.2) is 59.5 Å². The molecule has 2 aromatic heterocycles. The Kier molecular flexibility index (Phi) is 8.24. The number of aryl methyl sites for hydroxylation is 1. The largest absolute Gasteiger partial charge is 0.379 e. The number of nitrogens with zero attached hydrogens (tertiary/aromatic N) is 6. The van der Waals surface area contributed by atoms with Gasteiger partial charge in [0.2, 0.25) is 0 Å². The van der Waals surface area contributed by atoms with E-state index in [0.717, 1.165) is 67.0 Å². The number of carbonyl (C=O) groups is 1. The second-order valence-electron chi connectivity index (χ2n) is 9.78. The first-order valence-corrected chi connectivity index (χ1v) is 14.6. The van der Waals surface area contributed by atoms with Crippen LogP contribution in [0.3, 0.4) is 0 Å². The van der Waals surface area contributed by atoms with Crippen molar-refractivity contribution >= 4 is 51.2 Å². The summed E-state index contributed by atoms with van der Waals surface area (Å²) in [4.78, 5) is 23.0. The maximum Gasteiger partial charge on any atom is 0.266 e. The average molecular weight is 572 g/mol. The lowest BCUT2D eigenvalue weighted by Gasteiger charge is -2.26. The molecule has 4 aromatic rings. The number of hydrogen-bond donors (Lipinski definition) is 1. The molecule has 40 heavy (non-hydrogen) atoms. The SMILES string of the molecule is O=C1/C(=C/c2cccc(-c3nc4ccccc4cc3CCN3CCOCC3)c2)SC(=S)N1CCCc1nn[nH]n1. The van der Waals surface area contributed by atoms with Crippen LogP contribution in [-0.4, -0.2) is 85.0 Å². The number of thioether (sulfide) groups is 1. The van der Waals surface area contributed by atoms with Crippen LogP contribution in [0.5, 0.6) is 0 Å². The van der Waals surface area contributed by atoms with Crippen molar-refractivity contribution in [3.63, 3.8) is 0 Å². The fraction of sp³-hybridized carbons (Fsp3) is 0.310. The Hall–Kier alpha value is -3.51. The molecule has 2 aliphatic heterocycles. The maximum absolute atomic E-state index is 13.2. The Morgan fingerprint density at radius 1 is 1.05 bits per heavy atom. The number of rotatable bonds is 9. The normalized spacial score (nSPS) is 17.4. The van der Waals surface area contributed by atoms with Gasteiger partial charge in [0.25, 0.3) is 5.91 Å². The first-order chi connectivity index (χ1) is 19.6. The Balaban J connectivity index is 1.23. The number of aromatic nitrogens is 5. The highest BCUT2D eigenvalue weighted by Gasteiger charge is 2.31. The summed E-state index contributed by atoms with van der Waals surface area (Å²) in [5.74, 6) is 0.563. The molecule has 0 saturated carbocycles. The molecule has 6 rings (SSSR count). The van der Waals surface area contributed by atoms with Gasteiger partial charge in [-0.05, 0) is 48.2 Å². The third kappa shape index (κ3) is 6.12. The zero-order chi connectivity index (χ0) is 27.3. The van der Waals surface area contributed by atoms with Crippen molar-refractivity contribution in [3.05, 3.63) is 76.5 Å². The predicted molar refractivity (Wildman–Crippen MR) is 161 cm³/mol. The number of pyridine rings is 1. The third-order valence-corrected chi connectivity index (χ3v) is 8.48. The van der Waals surface area contributed by atoms with Crippen molar-refractivity contribution in [2.75, 3.05) is 39.4 Å². The van der Waals surface area contributed by atoms with Crippen LogP contribution < -0.4 is 0 Å². The Bertz CT molecular complexity index is 1550. The summed E-state index contributed by atoms with van der Waals surface area (Å²) in [5.41, 5.74) is 5.15. The lowest BCUT2D eigenvalue weighted by atomic mass is 9.99. The molecular weight excluding hydrogens is 543 g/mol. The van der Waals surface area contributed by atoms with Crippen molar-refractivity contribution < 1.29 is 9.53 Å². The van der Waals surface area contributed by atoms with Gasteiger partial charge in [-0.3, -0.25) is 14.6 Å². The number of H-pyrrole nitrogens is 1. The monoisotopic (exact) mass is 571 g/mol. The van der Waals surface area contributed by atoms with E-state index in [1.807, 2.05) is 24.3 Å². The van der Waals surface area contributed by atoms with Crippen molar-refractivity contribution in [2.24, 2.45) is 0 Å². The molecule has 0 unspecified atom stereocenters. The molecule has 1 N–H and O–H groups in total. The van der Waals surface area contributed by atoms with Gasteiger partial charge in [0, 0.05) is 43.5 Å². The van der Waals surface area contributed by atoms with Crippen molar-refractivity contribution in [3.8, 4) is 11.3 Å². The minimum atomic E-state index is -0.0662. The van der Waals surface area contributed by atoms with E-state index in [-0.39, 0.29) is 5.91 Å². The van der Waals surface area contributed by atoms with Gasteiger partial charge in [-0.15, -0.1) is 10.2 Å². The van der Waals surface area contributed by atoms with E-state index in [0.29, 0.717) is 34.4 Å². The molecule has 11 heteroatoms. The molecule has 0 radical (unpaired) electrons. The van der Waals surface area contributed by atoms with Crippen molar-refractivity contribution in [1.29, 1.82) is 0 Å². The van der Waals surface area contributed by atoms with Crippen LogP contribution in [0.2, 0.25) is 0 Å². The number of aromatic amines is 1. The molecule has 0 spiro atoms. The summed E-state index contributed by atoms with van der Waals surface area (Å²) < 4.78 is 6.09. The second-order valence-corrected chi connectivity index (χ2v) is 11.5. The molecule has 2 fully saturated rings. The average Bonchev–Trinajstić information content (AvgIpc) is 3.60. The summed E-state index contributed by atoms with van der Waals surface area (Å²) in [5, 5.41) is 15.1. The summed E-state index contributed by atoms with van der Waals surface area (Å²) >= 11 is 6.87. The van der Waals surface area contributed by atoms with Crippen LogP contribution in [0.1, 0.15) is 23.4 Å². The minimum absolute atomic E-state index is 0.0662. The smallest absolute Gasteiger partial charge is 0.266 e. The van der Waals surface area contributed by atoms with Crippen LogP contribution in [-0.2, 0) is 22.4 Å². The standard InChI is InChI=1S/C29H29N7O2S2/c37-28-25(40-29(39)36(28)11-4-9-26-31-33-34-32-26)18-20-5-3-7-22(17-20)27-23(10-12-35-13-15-38-16-14-35)19-21-6-1-2-8-24(21)30-27/h1-3,5-8,17-19H,4,9-16H2,(H,31,32,33,34)/b25-18-. The number of thiocarbonyl (C=S) groups is 1. The summed E-state index contributed by atoms with van der Waals surface area (Å²) in [6, 6.07) is 18.8. The molecule has 0 bridgehead atoms. The minimum Gasteiger partial charge on any atom is -0.379 e. The van der Waals surface area contributed by atoms with E-state index >= 15 is 0 Å². The van der Waals surface area contributed by atoms with Crippen LogP contribution in [0, 0.1) is 0 Å². The molecule has 1 amide bonds. The topological polar surface area (TPSA) is 100 Å². The molecule has 2 aromatic carbocycles. The number of amides is 1.